The Hall–Kier alpha value is 1.64. The fourth-order valence-electron chi connectivity index (χ4n) is 6.19. The molecule has 2 fully saturated rings. The molecule has 4 nitrogen and oxygen atoms in total. The van der Waals surface area contributed by atoms with E-state index >= 15 is 0 Å². The number of nitrogens with two attached hydrogens (primary N) is 1. The second-order valence-corrected chi connectivity index (χ2v) is 8.43. The van der Waals surface area contributed by atoms with E-state index in [4.69, 9.17) is 5.90 Å². The van der Waals surface area contributed by atoms with Gasteiger partial charge in [-0.2, -0.15) is 0 Å². The van der Waals surface area contributed by atoms with Gasteiger partial charge < -0.3 is 15.9 Å². The van der Waals surface area contributed by atoms with Crippen LogP contribution in [-0.2, 0) is 26.0 Å². The topological polar surface area (TPSA) is 79.3 Å². The number of rotatable bonds is 0. The Balaban J connectivity index is 0.000000586. The smallest absolute Gasteiger partial charge is 0.529 e. The van der Waals surface area contributed by atoms with Crippen LogP contribution in [-0.4, -0.2) is 11.2 Å². The molecule has 25 heavy (non-hydrogen) atoms. The normalized spacial score (nSPS) is 43.8. The maximum Gasteiger partial charge on any atom is 1.00 e. The molecule has 0 saturated heterocycles. The van der Waals surface area contributed by atoms with Crippen LogP contribution in [0, 0.1) is 28.6 Å². The minimum Gasteiger partial charge on any atom is -0.529 e. The van der Waals surface area contributed by atoms with Gasteiger partial charge in [0.25, 0.3) is 0 Å². The third-order valence-corrected chi connectivity index (χ3v) is 7.42. The van der Waals surface area contributed by atoms with Crippen molar-refractivity contribution in [3.8, 4) is 0 Å². The molecule has 0 spiro atoms. The Labute approximate surface area is 209 Å². The Morgan fingerprint density at radius 1 is 1.20 bits per heavy atom. The summed E-state index contributed by atoms with van der Waals surface area (Å²) in [6.07, 6.45) is 15.9. The first-order valence-corrected chi connectivity index (χ1v) is 9.04. The van der Waals surface area contributed by atoms with Crippen molar-refractivity contribution in [2.45, 2.75) is 64.9 Å². The van der Waals surface area contributed by atoms with E-state index in [1.165, 1.54) is 38.5 Å². The largest absolute Gasteiger partial charge is 1.00 e. The van der Waals surface area contributed by atoms with Crippen LogP contribution in [0.3, 0.4) is 0 Å². The van der Waals surface area contributed by atoms with Crippen molar-refractivity contribution in [1.82, 2.24) is 0 Å². The van der Waals surface area contributed by atoms with E-state index < -0.39 is 0 Å². The van der Waals surface area contributed by atoms with E-state index in [0.29, 0.717) is 10.8 Å². The van der Waals surface area contributed by atoms with Crippen LogP contribution in [0.25, 0.3) is 5.90 Å². The molecule has 136 valence electrons. The molecule has 0 amide bonds. The number of aliphatic hydroxyl groups is 1. The van der Waals surface area contributed by atoms with Crippen LogP contribution in [0.15, 0.2) is 23.8 Å². The molecule has 0 aromatic rings. The van der Waals surface area contributed by atoms with Gasteiger partial charge in [-0.25, -0.2) is 5.90 Å². The van der Waals surface area contributed by atoms with Crippen molar-refractivity contribution in [3.63, 3.8) is 0 Å². The monoisotopic (exact) mass is 542 g/mol. The molecule has 4 rings (SSSR count). The molecule has 4 N–H and O–H groups in total. The van der Waals surface area contributed by atoms with Gasteiger partial charge in [-0.3, -0.25) is 0 Å². The number of aliphatic hydroxyl groups excluding tert-OH is 1. The van der Waals surface area contributed by atoms with Gasteiger partial charge in [0.1, 0.15) is 0 Å². The van der Waals surface area contributed by atoms with Crippen LogP contribution >= 0.6 is 0 Å². The van der Waals surface area contributed by atoms with Gasteiger partial charge in [-0.1, -0.05) is 37.6 Å². The SMILES string of the molecule is C[C@@]12C=CCC1C1CCC3=C[C@@H](O)CC[C@]3(C)C1CC2.[K+].[NH-]ON.[W]. The average molecular weight is 542 g/mol. The molecule has 4 aliphatic rings. The average Bonchev–Trinajstić information content (AvgIpc) is 2.90. The quantitative estimate of drug-likeness (QED) is 0.276. The summed E-state index contributed by atoms with van der Waals surface area (Å²) in [4.78, 5) is 3.00. The van der Waals surface area contributed by atoms with E-state index in [0.717, 1.165) is 24.2 Å². The first-order chi connectivity index (χ1) is 10.9. The van der Waals surface area contributed by atoms with E-state index in [2.05, 4.69) is 42.9 Å². The number of hydrogen-bond acceptors (Lipinski definition) is 3. The van der Waals surface area contributed by atoms with E-state index in [-0.39, 0.29) is 78.6 Å². The molecule has 0 bridgehead atoms. The zero-order chi connectivity index (χ0) is 16.7. The van der Waals surface area contributed by atoms with Gasteiger partial charge >= 0.3 is 51.4 Å². The molecule has 4 aliphatic carbocycles. The van der Waals surface area contributed by atoms with Crippen LogP contribution in [0.2, 0.25) is 0 Å². The van der Waals surface area contributed by atoms with Crippen LogP contribution in [0.4, 0.5) is 0 Å². The summed E-state index contributed by atoms with van der Waals surface area (Å²) in [5, 5.41) is 9.96. The Morgan fingerprint density at radius 3 is 2.56 bits per heavy atom. The summed E-state index contributed by atoms with van der Waals surface area (Å²) in [5.74, 6) is 12.2. The van der Waals surface area contributed by atoms with Gasteiger partial charge in [0.15, 0.2) is 0 Å². The third kappa shape index (κ3) is 4.63. The van der Waals surface area contributed by atoms with Gasteiger partial charge in [0, 0.05) is 21.1 Å². The van der Waals surface area contributed by atoms with Gasteiger partial charge in [-0.15, -0.1) is 0 Å². The predicted molar refractivity (Wildman–Crippen MR) is 91.8 cm³/mol. The van der Waals surface area contributed by atoms with Crippen molar-refractivity contribution in [2.24, 2.45) is 34.5 Å². The molecular weight excluding hydrogens is 511 g/mol. The van der Waals surface area contributed by atoms with Crippen molar-refractivity contribution in [3.05, 3.63) is 29.7 Å². The van der Waals surface area contributed by atoms with Crippen LogP contribution in [0.1, 0.15) is 58.8 Å². The fraction of sp³-hybridized carbons (Fsp3) is 0.789. The summed E-state index contributed by atoms with van der Waals surface area (Å²) in [6, 6.07) is 0. The number of nitrogens with one attached hydrogen (secondary N) is 1. The van der Waals surface area contributed by atoms with E-state index in [1.54, 1.807) is 5.57 Å². The standard InChI is InChI=1S/C19H28O.K.H3N2O.W/c1-18-9-3-4-16(18)15-6-5-13-12-14(20)7-11-19(13,2)17(15)8-10-18;;1-3-2;/h3,9,12,14-17,20H,4-8,10-11H2,1-2H3;;1H,2H2;/q;+1;-1;/t14-,15?,16?,17?,18-,19-;;;/m0.../s1. The number of hydrogen-bond donors (Lipinski definition) is 2. The molecule has 0 aromatic carbocycles. The fourth-order valence-corrected chi connectivity index (χ4v) is 6.19. The third-order valence-electron chi connectivity index (χ3n) is 7.42. The molecule has 3 unspecified atom stereocenters. The second kappa shape index (κ2) is 9.91. The van der Waals surface area contributed by atoms with Crippen LogP contribution in [0.5, 0.6) is 0 Å². The van der Waals surface area contributed by atoms with Gasteiger partial charge in [-0.05, 0) is 73.5 Å². The summed E-state index contributed by atoms with van der Waals surface area (Å²) in [7, 11) is 0. The van der Waals surface area contributed by atoms with Crippen molar-refractivity contribution < 1.29 is 82.5 Å². The van der Waals surface area contributed by atoms with Gasteiger partial charge in [0.05, 0.1) is 6.10 Å². The first-order valence-electron chi connectivity index (χ1n) is 9.04. The molecule has 6 atom stereocenters. The predicted octanol–water partition coefficient (Wildman–Crippen LogP) is 1.32. The first kappa shape index (κ1) is 24.7. The Bertz CT molecular complexity index is 516. The van der Waals surface area contributed by atoms with Crippen LogP contribution < -0.4 is 57.3 Å². The Kier molecular flexibility index (Phi) is 9.78. The van der Waals surface area contributed by atoms with Gasteiger partial charge in [0.2, 0.25) is 0 Å². The van der Waals surface area contributed by atoms with Crippen molar-refractivity contribution in [2.75, 3.05) is 0 Å². The minimum atomic E-state index is -0.170. The number of allylic oxidation sites excluding steroid dienone is 3. The molecule has 0 radical (unpaired) electrons. The zero-order valence-corrected chi connectivity index (χ0v) is 21.9. The molecule has 0 aliphatic heterocycles. The summed E-state index contributed by atoms with van der Waals surface area (Å²) >= 11 is 0. The summed E-state index contributed by atoms with van der Waals surface area (Å²) < 4.78 is 0. The second-order valence-electron chi connectivity index (χ2n) is 8.43. The molecular formula is C19H31KN2O2W. The van der Waals surface area contributed by atoms with E-state index in [9.17, 15) is 5.11 Å². The van der Waals surface area contributed by atoms with Crippen molar-refractivity contribution in [1.29, 1.82) is 0 Å². The van der Waals surface area contributed by atoms with E-state index in [1.807, 2.05) is 0 Å². The summed E-state index contributed by atoms with van der Waals surface area (Å²) in [6.45, 7) is 5.00. The molecule has 0 heterocycles. The zero-order valence-electron chi connectivity index (χ0n) is 15.8. The molecule has 0 aromatic heterocycles. The maximum absolute atomic E-state index is 9.96. The molecule has 2 saturated carbocycles. The minimum absolute atomic E-state index is 0. The summed E-state index contributed by atoms with van der Waals surface area (Å²) in [5.41, 5.74) is 2.48. The Morgan fingerprint density at radius 2 is 1.88 bits per heavy atom. The van der Waals surface area contributed by atoms with Crippen molar-refractivity contribution >= 4 is 0 Å². The maximum atomic E-state index is 9.96. The molecule has 6 heteroatoms. The number of fused-ring (bicyclic) bond motifs is 5.